The van der Waals surface area contributed by atoms with E-state index in [0.29, 0.717) is 53.9 Å². The molecular weight excluding hydrogens is 745 g/mol. The first-order chi connectivity index (χ1) is 23.4. The SMILES string of the molecule is COc1cc2nc(CCn3c(=O)n4n(c3=O)C3CC5=C(C(=O)C(I)=CC5=O)C(c5cc(C)c(O)c(C)c5)C3=CC4)c(=O)n(C)c2cc1OC. The second-order valence-corrected chi connectivity index (χ2v) is 13.6. The summed E-state index contributed by atoms with van der Waals surface area (Å²) in [5.74, 6) is -0.206. The van der Waals surface area contributed by atoms with Crippen LogP contribution >= 0.6 is 22.6 Å². The normalized spacial score (nSPS) is 18.6. The molecule has 3 heterocycles. The molecule has 0 radical (unpaired) electrons. The minimum Gasteiger partial charge on any atom is -0.507 e. The highest BCUT2D eigenvalue weighted by molar-refractivity contribution is 14.1. The van der Waals surface area contributed by atoms with Gasteiger partial charge < -0.3 is 19.1 Å². The van der Waals surface area contributed by atoms with E-state index in [1.54, 1.807) is 45.2 Å². The van der Waals surface area contributed by atoms with Gasteiger partial charge in [0.15, 0.2) is 23.1 Å². The fourth-order valence-electron chi connectivity index (χ4n) is 7.33. The molecule has 2 unspecified atom stereocenters. The molecule has 13 nitrogen and oxygen atoms in total. The van der Waals surface area contributed by atoms with E-state index in [0.717, 1.165) is 10.1 Å². The van der Waals surface area contributed by atoms with Gasteiger partial charge in [0.1, 0.15) is 11.4 Å². The first kappa shape index (κ1) is 32.6. The van der Waals surface area contributed by atoms with Crippen LogP contribution in [0.3, 0.4) is 0 Å². The molecule has 49 heavy (non-hydrogen) atoms. The van der Waals surface area contributed by atoms with Crippen LogP contribution in [0.15, 0.2) is 71.1 Å². The number of carbonyl (C=O) groups excluding carboxylic acids is 2. The maximum Gasteiger partial charge on any atom is 0.347 e. The maximum absolute atomic E-state index is 14.1. The number of phenolic OH excluding ortho intramolecular Hbond substituents is 1. The van der Waals surface area contributed by atoms with Crippen molar-refractivity contribution in [3.05, 3.63) is 110 Å². The first-order valence-electron chi connectivity index (χ1n) is 15.6. The summed E-state index contributed by atoms with van der Waals surface area (Å²) in [7, 11) is 4.61. The van der Waals surface area contributed by atoms with Gasteiger partial charge in [-0.2, -0.15) is 0 Å². The van der Waals surface area contributed by atoms with E-state index in [4.69, 9.17) is 9.47 Å². The molecule has 1 N–H and O–H groups in total. The van der Waals surface area contributed by atoms with E-state index >= 15 is 0 Å². The summed E-state index contributed by atoms with van der Waals surface area (Å²) >= 11 is 1.88. The van der Waals surface area contributed by atoms with Crippen LogP contribution in [0.5, 0.6) is 17.2 Å². The molecule has 0 amide bonds. The van der Waals surface area contributed by atoms with E-state index in [2.05, 4.69) is 4.98 Å². The number of methoxy groups -OCH3 is 2. The lowest BCUT2D eigenvalue weighted by molar-refractivity contribution is -0.115. The number of nitrogens with zero attached hydrogens (tertiary/aromatic N) is 5. The number of ketones is 2. The molecule has 4 aromatic rings. The molecule has 14 heteroatoms. The van der Waals surface area contributed by atoms with Gasteiger partial charge in [-0.25, -0.2) is 28.5 Å². The van der Waals surface area contributed by atoms with Crippen molar-refractivity contribution in [1.82, 2.24) is 23.5 Å². The summed E-state index contributed by atoms with van der Waals surface area (Å²) in [4.78, 5) is 72.8. The van der Waals surface area contributed by atoms with Crippen molar-refractivity contribution in [1.29, 1.82) is 0 Å². The number of aromatic hydroxyl groups is 1. The number of aryl methyl sites for hydroxylation is 4. The van der Waals surface area contributed by atoms with Crippen molar-refractivity contribution in [3.63, 3.8) is 0 Å². The predicted octanol–water partition coefficient (Wildman–Crippen LogP) is 3.08. The fraction of sp³-hybridized carbons (Fsp3) is 0.314. The van der Waals surface area contributed by atoms with Crippen LogP contribution in [0.2, 0.25) is 0 Å². The third kappa shape index (κ3) is 4.94. The Morgan fingerprint density at radius 3 is 2.33 bits per heavy atom. The van der Waals surface area contributed by atoms with Gasteiger partial charge in [-0.1, -0.05) is 18.2 Å². The molecule has 1 aliphatic heterocycles. The number of rotatable bonds is 6. The molecule has 2 aliphatic carbocycles. The molecule has 0 bridgehead atoms. The zero-order chi connectivity index (χ0) is 35.0. The number of carbonyl (C=O) groups is 2. The summed E-state index contributed by atoms with van der Waals surface area (Å²) < 4.78 is 16.3. The van der Waals surface area contributed by atoms with E-state index in [9.17, 15) is 29.1 Å². The Morgan fingerprint density at radius 2 is 1.65 bits per heavy atom. The van der Waals surface area contributed by atoms with Gasteiger partial charge in [0.25, 0.3) is 5.56 Å². The summed E-state index contributed by atoms with van der Waals surface area (Å²) in [6, 6.07) is 6.19. The number of halogens is 1. The average Bonchev–Trinajstić information content (AvgIpc) is 3.33. The lowest BCUT2D eigenvalue weighted by Crippen LogP contribution is -2.40. The minimum atomic E-state index is -0.719. The Hall–Kier alpha value is -4.99. The number of aromatic nitrogens is 5. The number of Topliss-reactive ketones (excluding diaryl/α,β-unsaturated/α-hetero) is 1. The number of ether oxygens (including phenoxy) is 2. The second-order valence-electron chi connectivity index (χ2n) is 12.5. The van der Waals surface area contributed by atoms with Crippen molar-refractivity contribution in [2.24, 2.45) is 7.05 Å². The van der Waals surface area contributed by atoms with E-state index in [1.165, 1.54) is 34.2 Å². The zero-order valence-electron chi connectivity index (χ0n) is 27.4. The molecule has 0 saturated heterocycles. The van der Waals surface area contributed by atoms with Crippen LogP contribution in [-0.4, -0.2) is 54.4 Å². The standard InChI is InChI=1S/C35H32IN5O8/c1-16-10-18(11-17(2)31(16)43)29-19-6-9-40-34(46)39(35(47)41(40)24(19)12-20-26(42)13-21(36)32(44)30(20)29)8-7-22-33(45)38(3)25-15-28(49-5)27(48-4)14-23(25)37-22/h6,10-11,13-15,24,29,43H,7-9,12H2,1-5H3. The van der Waals surface area contributed by atoms with Crippen LogP contribution in [0.4, 0.5) is 0 Å². The smallest absolute Gasteiger partial charge is 0.347 e. The third-order valence-electron chi connectivity index (χ3n) is 9.75. The van der Waals surface area contributed by atoms with Gasteiger partial charge in [-0.15, -0.1) is 0 Å². The number of hydrogen-bond acceptors (Lipinski definition) is 9. The van der Waals surface area contributed by atoms with Crippen LogP contribution in [0, 0.1) is 13.8 Å². The van der Waals surface area contributed by atoms with Crippen molar-refractivity contribution in [2.75, 3.05) is 14.2 Å². The lowest BCUT2D eigenvalue weighted by Gasteiger charge is -2.39. The fourth-order valence-corrected chi connectivity index (χ4v) is 7.91. The van der Waals surface area contributed by atoms with E-state index in [-0.39, 0.29) is 54.5 Å². The largest absolute Gasteiger partial charge is 0.507 e. The van der Waals surface area contributed by atoms with Crippen LogP contribution < -0.4 is 26.4 Å². The van der Waals surface area contributed by atoms with Gasteiger partial charge in [0.2, 0.25) is 0 Å². The van der Waals surface area contributed by atoms with Gasteiger partial charge in [-0.05, 0) is 58.7 Å². The highest BCUT2D eigenvalue weighted by Crippen LogP contribution is 2.50. The Labute approximate surface area is 292 Å². The summed E-state index contributed by atoms with van der Waals surface area (Å²) in [5, 5.41) is 10.5. The van der Waals surface area contributed by atoms with E-state index in [1.807, 2.05) is 28.7 Å². The molecule has 0 spiro atoms. The van der Waals surface area contributed by atoms with Crippen molar-refractivity contribution >= 4 is 45.2 Å². The molecular formula is C35H32IN5O8. The van der Waals surface area contributed by atoms with E-state index < -0.39 is 23.3 Å². The lowest BCUT2D eigenvalue weighted by atomic mass is 9.68. The molecule has 2 atom stereocenters. The highest BCUT2D eigenvalue weighted by Gasteiger charge is 2.45. The van der Waals surface area contributed by atoms with Gasteiger partial charge >= 0.3 is 11.4 Å². The van der Waals surface area contributed by atoms with Crippen LogP contribution in [0.1, 0.15) is 40.8 Å². The zero-order valence-corrected chi connectivity index (χ0v) is 29.5. The average molecular weight is 778 g/mol. The number of phenols is 1. The number of allylic oxidation sites excluding steroid dienone is 6. The second kappa shape index (κ2) is 11.9. The van der Waals surface area contributed by atoms with Crippen molar-refractivity contribution < 1.29 is 24.2 Å². The Bertz CT molecular complexity index is 2420. The first-order valence-corrected chi connectivity index (χ1v) is 16.7. The maximum atomic E-state index is 14.1. The Kier molecular flexibility index (Phi) is 7.88. The molecule has 3 aliphatic rings. The van der Waals surface area contributed by atoms with Crippen LogP contribution in [-0.2, 0) is 36.1 Å². The third-order valence-corrected chi connectivity index (χ3v) is 10.5. The molecule has 0 fully saturated rings. The van der Waals surface area contributed by atoms with Gasteiger partial charge in [0.05, 0.1) is 41.4 Å². The molecule has 252 valence electrons. The Morgan fingerprint density at radius 1 is 0.980 bits per heavy atom. The topological polar surface area (TPSA) is 157 Å². The monoisotopic (exact) mass is 777 g/mol. The predicted molar refractivity (Wildman–Crippen MR) is 188 cm³/mol. The Balaban J connectivity index is 1.30. The summed E-state index contributed by atoms with van der Waals surface area (Å²) in [6.45, 7) is 3.48. The number of benzene rings is 2. The highest BCUT2D eigenvalue weighted by atomic mass is 127. The number of hydrogen-bond donors (Lipinski definition) is 1. The molecule has 7 rings (SSSR count). The summed E-state index contributed by atoms with van der Waals surface area (Å²) in [6.07, 6.45) is 3.22. The molecule has 2 aromatic heterocycles. The molecule has 2 aromatic carbocycles. The van der Waals surface area contributed by atoms with Crippen molar-refractivity contribution in [2.45, 2.75) is 51.7 Å². The van der Waals surface area contributed by atoms with Crippen molar-refractivity contribution in [3.8, 4) is 17.2 Å². The van der Waals surface area contributed by atoms with Gasteiger partial charge in [-0.3, -0.25) is 14.4 Å². The van der Waals surface area contributed by atoms with Crippen LogP contribution in [0.25, 0.3) is 11.0 Å². The van der Waals surface area contributed by atoms with Gasteiger partial charge in [0, 0.05) is 61.7 Å². The summed E-state index contributed by atoms with van der Waals surface area (Å²) in [5.41, 5.74) is 2.97. The minimum absolute atomic E-state index is 0.00127. The number of fused-ring (bicyclic) bond motifs is 4. The molecule has 0 saturated carbocycles. The quantitative estimate of drug-likeness (QED) is 0.177.